The zero-order valence-electron chi connectivity index (χ0n) is 14.9. The first-order chi connectivity index (χ1) is 13.3. The number of ether oxygens (including phenoxy) is 2. The molecule has 8 nitrogen and oxygen atoms in total. The Bertz CT molecular complexity index is 1040. The molecular formula is C17H16F3N5O3. The summed E-state index contributed by atoms with van der Waals surface area (Å²) in [6.45, 7) is 0.396. The van der Waals surface area contributed by atoms with E-state index in [4.69, 9.17) is 9.47 Å². The zero-order chi connectivity index (χ0) is 20.1. The molecule has 3 heterocycles. The third kappa shape index (κ3) is 2.87. The van der Waals surface area contributed by atoms with Crippen LogP contribution in [0.4, 0.5) is 19.0 Å². The van der Waals surface area contributed by atoms with Gasteiger partial charge in [-0.2, -0.15) is 17.7 Å². The molecule has 148 valence electrons. The lowest BCUT2D eigenvalue weighted by Crippen LogP contribution is -2.35. The average molecular weight is 395 g/mol. The van der Waals surface area contributed by atoms with Crippen LogP contribution in [0.15, 0.2) is 24.3 Å². The van der Waals surface area contributed by atoms with E-state index in [0.29, 0.717) is 27.1 Å². The molecule has 4 rings (SSSR count). The summed E-state index contributed by atoms with van der Waals surface area (Å²) < 4.78 is 50.7. The summed E-state index contributed by atoms with van der Waals surface area (Å²) in [4.78, 5) is 1.66. The number of alkyl halides is 3. The predicted octanol–water partition coefficient (Wildman–Crippen LogP) is 2.21. The minimum Gasteiger partial charge on any atom is -0.496 e. The van der Waals surface area contributed by atoms with Crippen LogP contribution in [0.25, 0.3) is 5.65 Å². The minimum absolute atomic E-state index is 0.0201. The third-order valence-corrected chi connectivity index (χ3v) is 4.62. The summed E-state index contributed by atoms with van der Waals surface area (Å²) in [6, 6.07) is 6.35. The maximum atomic E-state index is 13.1. The van der Waals surface area contributed by atoms with Crippen molar-refractivity contribution in [2.45, 2.75) is 18.8 Å². The van der Waals surface area contributed by atoms with Crippen LogP contribution in [-0.4, -0.2) is 45.7 Å². The molecule has 0 saturated heterocycles. The highest BCUT2D eigenvalue weighted by atomic mass is 19.4. The summed E-state index contributed by atoms with van der Waals surface area (Å²) in [7, 11) is 3.01. The molecule has 0 amide bonds. The second-order valence-corrected chi connectivity index (χ2v) is 6.24. The Morgan fingerprint density at radius 1 is 1.07 bits per heavy atom. The summed E-state index contributed by atoms with van der Waals surface area (Å²) in [5.74, 6) is 0.0966. The molecule has 11 heteroatoms. The normalized spacial score (nSPS) is 16.9. The Morgan fingerprint density at radius 3 is 2.46 bits per heavy atom. The fraction of sp³-hybridized carbons (Fsp3) is 0.353. The molecule has 28 heavy (non-hydrogen) atoms. The van der Waals surface area contributed by atoms with Gasteiger partial charge in [-0.1, -0.05) is 0 Å². The molecular weight excluding hydrogens is 379 g/mol. The number of rotatable bonds is 3. The lowest BCUT2D eigenvalue weighted by molar-refractivity contribution is -0.146. The van der Waals surface area contributed by atoms with Crippen LogP contribution in [0.5, 0.6) is 11.5 Å². The number of halogens is 3. The van der Waals surface area contributed by atoms with Gasteiger partial charge >= 0.3 is 6.18 Å². The van der Waals surface area contributed by atoms with Crippen molar-refractivity contribution in [1.82, 2.24) is 19.8 Å². The van der Waals surface area contributed by atoms with Crippen LogP contribution in [0, 0.1) is 0 Å². The smallest absolute Gasteiger partial charge is 0.453 e. The van der Waals surface area contributed by atoms with E-state index in [-0.39, 0.29) is 24.6 Å². The molecule has 1 unspecified atom stereocenters. The molecule has 1 aliphatic heterocycles. The maximum Gasteiger partial charge on any atom is 0.453 e. The van der Waals surface area contributed by atoms with Gasteiger partial charge in [-0.15, -0.1) is 15.3 Å². The molecule has 1 aromatic carbocycles. The quantitative estimate of drug-likeness (QED) is 0.728. The predicted molar refractivity (Wildman–Crippen MR) is 91.3 cm³/mol. The van der Waals surface area contributed by atoms with Crippen molar-refractivity contribution in [2.75, 3.05) is 25.7 Å². The van der Waals surface area contributed by atoms with Crippen molar-refractivity contribution < 1.29 is 27.8 Å². The number of β-amino-alcohol motifs (C(OH)–C–C–N with tert-alkyl or cyclic N) is 1. The Hall–Kier alpha value is -3.08. The van der Waals surface area contributed by atoms with Crippen molar-refractivity contribution in [3.63, 3.8) is 0 Å². The number of aliphatic hydroxyl groups is 1. The first-order valence-electron chi connectivity index (χ1n) is 8.30. The maximum absolute atomic E-state index is 13.1. The molecule has 1 atom stereocenters. The molecule has 1 aliphatic rings. The first-order valence-corrected chi connectivity index (χ1v) is 8.30. The van der Waals surface area contributed by atoms with E-state index in [2.05, 4.69) is 15.3 Å². The second-order valence-electron chi connectivity index (χ2n) is 6.24. The zero-order valence-corrected chi connectivity index (χ0v) is 14.9. The minimum atomic E-state index is -4.68. The van der Waals surface area contributed by atoms with Crippen molar-refractivity contribution in [2.24, 2.45) is 0 Å². The molecule has 0 saturated carbocycles. The number of benzene rings is 1. The van der Waals surface area contributed by atoms with Crippen LogP contribution in [0.1, 0.15) is 23.1 Å². The van der Waals surface area contributed by atoms with Crippen molar-refractivity contribution in [3.05, 3.63) is 41.2 Å². The Kier molecular flexibility index (Phi) is 4.26. The number of hydrogen-bond acceptors (Lipinski definition) is 7. The van der Waals surface area contributed by atoms with E-state index in [1.807, 2.05) is 0 Å². The monoisotopic (exact) mass is 395 g/mol. The van der Waals surface area contributed by atoms with Gasteiger partial charge in [0.25, 0.3) is 5.82 Å². The van der Waals surface area contributed by atoms with Gasteiger partial charge in [0.05, 0.1) is 20.8 Å². The van der Waals surface area contributed by atoms with Crippen molar-refractivity contribution >= 4 is 11.5 Å². The lowest BCUT2D eigenvalue weighted by atomic mass is 9.95. The van der Waals surface area contributed by atoms with E-state index >= 15 is 0 Å². The fourth-order valence-corrected chi connectivity index (χ4v) is 3.38. The summed E-state index contributed by atoms with van der Waals surface area (Å²) in [5.41, 5.74) is 1.26. The van der Waals surface area contributed by atoms with Gasteiger partial charge in [0.2, 0.25) is 0 Å². The van der Waals surface area contributed by atoms with Gasteiger partial charge in [0.15, 0.2) is 5.65 Å². The molecule has 0 radical (unpaired) electrons. The van der Waals surface area contributed by atoms with Gasteiger partial charge in [-0.25, -0.2) is 0 Å². The Labute approximate surface area is 157 Å². The summed E-state index contributed by atoms with van der Waals surface area (Å²) in [6.07, 6.45) is -5.62. The largest absolute Gasteiger partial charge is 0.496 e. The number of aliphatic hydroxyl groups excluding tert-OH is 1. The van der Waals surface area contributed by atoms with E-state index in [1.54, 1.807) is 17.0 Å². The Morgan fingerprint density at radius 2 is 1.79 bits per heavy atom. The van der Waals surface area contributed by atoms with Crippen LogP contribution in [0.3, 0.4) is 0 Å². The molecule has 0 bridgehead atoms. The molecule has 1 N–H and O–H groups in total. The van der Waals surface area contributed by atoms with Crippen LogP contribution in [-0.2, 0) is 12.7 Å². The summed E-state index contributed by atoms with van der Waals surface area (Å²) in [5, 5.41) is 21.4. The number of fused-ring (bicyclic) bond motifs is 2. The van der Waals surface area contributed by atoms with Crippen LogP contribution < -0.4 is 14.4 Å². The van der Waals surface area contributed by atoms with Gasteiger partial charge in [0.1, 0.15) is 23.4 Å². The van der Waals surface area contributed by atoms with E-state index in [1.165, 1.54) is 26.4 Å². The molecule has 2 aromatic heterocycles. The molecule has 3 aromatic rings. The Balaban J connectivity index is 1.78. The van der Waals surface area contributed by atoms with Crippen LogP contribution >= 0.6 is 0 Å². The fourth-order valence-electron chi connectivity index (χ4n) is 3.38. The molecule has 0 spiro atoms. The van der Waals surface area contributed by atoms with Gasteiger partial charge in [0, 0.05) is 17.7 Å². The highest BCUT2D eigenvalue weighted by molar-refractivity contribution is 5.56. The average Bonchev–Trinajstić information content (AvgIpc) is 3.10. The van der Waals surface area contributed by atoms with E-state index in [9.17, 15) is 18.3 Å². The number of hydrogen-bond donors (Lipinski definition) is 1. The number of methoxy groups -OCH3 is 2. The first kappa shape index (κ1) is 18.3. The van der Waals surface area contributed by atoms with E-state index < -0.39 is 18.1 Å². The third-order valence-electron chi connectivity index (χ3n) is 4.62. The second kappa shape index (κ2) is 6.51. The number of anilines is 1. The van der Waals surface area contributed by atoms with Crippen LogP contribution in [0.2, 0.25) is 0 Å². The molecule has 0 aliphatic carbocycles. The van der Waals surface area contributed by atoms with E-state index in [0.717, 1.165) is 0 Å². The topological polar surface area (TPSA) is 85.0 Å². The van der Waals surface area contributed by atoms with Gasteiger partial charge in [-0.3, -0.25) is 0 Å². The standard InChI is InChI=1S/C17H16F3N5O3/c1-27-11-3-4-12(28-2)15-9(11)7-24(8-10(15)26)14-6-5-13-21-22-16(17(18,19)20)25(13)23-14/h3-6,10,26H,7-8H2,1-2H3. The number of aromatic nitrogens is 4. The highest BCUT2D eigenvalue weighted by Crippen LogP contribution is 2.40. The van der Waals surface area contributed by atoms with Crippen molar-refractivity contribution in [1.29, 1.82) is 0 Å². The number of nitrogens with zero attached hydrogens (tertiary/aromatic N) is 5. The highest BCUT2D eigenvalue weighted by Gasteiger charge is 2.38. The van der Waals surface area contributed by atoms with Crippen molar-refractivity contribution in [3.8, 4) is 11.5 Å². The van der Waals surface area contributed by atoms with Gasteiger partial charge < -0.3 is 19.5 Å². The summed E-state index contributed by atoms with van der Waals surface area (Å²) >= 11 is 0. The lowest BCUT2D eigenvalue weighted by Gasteiger charge is -2.34. The van der Waals surface area contributed by atoms with Gasteiger partial charge in [-0.05, 0) is 24.3 Å². The SMILES string of the molecule is COc1ccc(OC)c2c1CN(c1ccc3nnc(C(F)(F)F)n3n1)CC2O. The molecule has 0 fully saturated rings.